The highest BCUT2D eigenvalue weighted by Gasteiger charge is 2.32. The van der Waals surface area contributed by atoms with E-state index in [9.17, 15) is 14.4 Å². The van der Waals surface area contributed by atoms with Crippen LogP contribution in [-0.2, 0) is 9.59 Å². The number of primary amides is 1. The van der Waals surface area contributed by atoms with Gasteiger partial charge in [-0.15, -0.1) is 0 Å². The van der Waals surface area contributed by atoms with Gasteiger partial charge in [-0.1, -0.05) is 26.8 Å². The van der Waals surface area contributed by atoms with Crippen LogP contribution in [0.2, 0.25) is 0 Å². The second kappa shape index (κ2) is 7.25. The topological polar surface area (TPSA) is 92.5 Å². The van der Waals surface area contributed by atoms with Crippen molar-refractivity contribution in [2.45, 2.75) is 40.5 Å². The number of nitrogens with one attached hydrogen (secondary N) is 1. The number of rotatable bonds is 3. The van der Waals surface area contributed by atoms with Crippen LogP contribution < -0.4 is 11.1 Å². The number of likely N-dealkylation sites (tertiary alicyclic amines) is 1. The Kier molecular flexibility index (Phi) is 5.50. The number of carbonyl (C=O) groups excluding carboxylic acids is 3. The van der Waals surface area contributed by atoms with Gasteiger partial charge in [0.05, 0.1) is 0 Å². The molecule has 6 nitrogen and oxygen atoms in total. The number of carbonyl (C=O) groups is 3. The van der Waals surface area contributed by atoms with Crippen LogP contribution in [0.3, 0.4) is 0 Å². The fraction of sp³-hybridized carbons (Fsp3) is 0.526. The second-order valence-corrected chi connectivity index (χ2v) is 7.65. The molecule has 1 aromatic rings. The van der Waals surface area contributed by atoms with Gasteiger partial charge in [0, 0.05) is 35.7 Å². The lowest BCUT2D eigenvalue weighted by Gasteiger charge is -2.35. The zero-order valence-corrected chi connectivity index (χ0v) is 15.4. The summed E-state index contributed by atoms with van der Waals surface area (Å²) in [6.07, 6.45) is 1.28. The van der Waals surface area contributed by atoms with E-state index in [0.29, 0.717) is 42.7 Å². The van der Waals surface area contributed by atoms with Crippen LogP contribution in [-0.4, -0.2) is 35.7 Å². The highest BCUT2D eigenvalue weighted by atomic mass is 16.2. The monoisotopic (exact) mass is 345 g/mol. The van der Waals surface area contributed by atoms with E-state index in [-0.39, 0.29) is 17.7 Å². The van der Waals surface area contributed by atoms with Gasteiger partial charge in [-0.2, -0.15) is 0 Å². The number of amides is 3. The third-order valence-corrected chi connectivity index (χ3v) is 4.65. The minimum Gasteiger partial charge on any atom is -0.366 e. The number of nitrogens with two attached hydrogens (primary N) is 1. The summed E-state index contributed by atoms with van der Waals surface area (Å²) in [5.41, 5.74) is 6.63. The van der Waals surface area contributed by atoms with Crippen molar-refractivity contribution in [2.24, 2.45) is 17.1 Å². The maximum absolute atomic E-state index is 12.5. The van der Waals surface area contributed by atoms with E-state index >= 15 is 0 Å². The smallest absolute Gasteiger partial charge is 0.249 e. The van der Waals surface area contributed by atoms with Gasteiger partial charge in [-0.3, -0.25) is 14.4 Å². The molecule has 0 spiro atoms. The SMILES string of the molecule is Cc1c(NC(=O)C2CCN(C(=O)C(C)(C)C)CC2)cccc1C(N)=O. The van der Waals surface area contributed by atoms with E-state index in [4.69, 9.17) is 5.73 Å². The Morgan fingerprint density at radius 3 is 2.28 bits per heavy atom. The first kappa shape index (κ1) is 19.0. The molecule has 136 valence electrons. The molecule has 0 bridgehead atoms. The Balaban J connectivity index is 1.99. The van der Waals surface area contributed by atoms with Gasteiger partial charge >= 0.3 is 0 Å². The van der Waals surface area contributed by atoms with E-state index in [2.05, 4.69) is 5.32 Å². The van der Waals surface area contributed by atoms with Gasteiger partial charge in [-0.25, -0.2) is 0 Å². The zero-order valence-electron chi connectivity index (χ0n) is 15.4. The number of benzene rings is 1. The van der Waals surface area contributed by atoms with Crippen LogP contribution in [0.15, 0.2) is 18.2 Å². The molecule has 1 fully saturated rings. The fourth-order valence-corrected chi connectivity index (χ4v) is 3.09. The quantitative estimate of drug-likeness (QED) is 0.880. The first-order valence-corrected chi connectivity index (χ1v) is 8.61. The molecule has 3 amide bonds. The summed E-state index contributed by atoms with van der Waals surface area (Å²) in [5, 5.41) is 2.90. The van der Waals surface area contributed by atoms with Gasteiger partial charge < -0.3 is 16.0 Å². The molecular weight excluding hydrogens is 318 g/mol. The normalized spacial score (nSPS) is 15.8. The Hall–Kier alpha value is -2.37. The van der Waals surface area contributed by atoms with Crippen LogP contribution in [0, 0.1) is 18.3 Å². The van der Waals surface area contributed by atoms with E-state index in [1.807, 2.05) is 25.7 Å². The van der Waals surface area contributed by atoms with Gasteiger partial charge in [0.1, 0.15) is 0 Å². The summed E-state index contributed by atoms with van der Waals surface area (Å²) in [4.78, 5) is 38.1. The molecule has 25 heavy (non-hydrogen) atoms. The van der Waals surface area contributed by atoms with Crippen molar-refractivity contribution in [1.82, 2.24) is 4.90 Å². The summed E-state index contributed by atoms with van der Waals surface area (Å²) in [6.45, 7) is 8.66. The van der Waals surface area contributed by atoms with Gasteiger partial charge in [0.15, 0.2) is 0 Å². The maximum Gasteiger partial charge on any atom is 0.249 e. The summed E-state index contributed by atoms with van der Waals surface area (Å²) in [7, 11) is 0. The average molecular weight is 345 g/mol. The first-order valence-electron chi connectivity index (χ1n) is 8.61. The van der Waals surface area contributed by atoms with Crippen molar-refractivity contribution < 1.29 is 14.4 Å². The lowest BCUT2D eigenvalue weighted by molar-refractivity contribution is -0.142. The Labute approximate surface area is 148 Å². The molecule has 1 aromatic carbocycles. The number of anilines is 1. The minimum absolute atomic E-state index is 0.0763. The Morgan fingerprint density at radius 2 is 1.76 bits per heavy atom. The summed E-state index contributed by atoms with van der Waals surface area (Å²) in [5.74, 6) is -0.604. The number of piperidine rings is 1. The van der Waals surface area contributed by atoms with Crippen LogP contribution in [0.5, 0.6) is 0 Å². The predicted molar refractivity (Wildman–Crippen MR) is 97.1 cm³/mol. The van der Waals surface area contributed by atoms with Crippen LogP contribution in [0.1, 0.15) is 49.5 Å². The molecule has 3 N–H and O–H groups in total. The molecule has 6 heteroatoms. The molecular formula is C19H27N3O3. The van der Waals surface area contributed by atoms with Crippen molar-refractivity contribution in [3.63, 3.8) is 0 Å². The van der Waals surface area contributed by atoms with E-state index in [1.54, 1.807) is 25.1 Å². The van der Waals surface area contributed by atoms with Gasteiger partial charge in [0.25, 0.3) is 0 Å². The highest BCUT2D eigenvalue weighted by Crippen LogP contribution is 2.25. The van der Waals surface area contributed by atoms with Crippen molar-refractivity contribution >= 4 is 23.4 Å². The number of hydrogen-bond acceptors (Lipinski definition) is 3. The molecule has 0 saturated carbocycles. The zero-order chi connectivity index (χ0) is 18.8. The van der Waals surface area contributed by atoms with Gasteiger partial charge in [0.2, 0.25) is 17.7 Å². The first-order chi connectivity index (χ1) is 11.6. The summed E-state index contributed by atoms with van der Waals surface area (Å²) in [6, 6.07) is 5.11. The molecule has 1 saturated heterocycles. The van der Waals surface area contributed by atoms with E-state index < -0.39 is 11.3 Å². The predicted octanol–water partition coefficient (Wildman–Crippen LogP) is 2.32. The van der Waals surface area contributed by atoms with Crippen LogP contribution >= 0.6 is 0 Å². The number of nitrogens with zero attached hydrogens (tertiary/aromatic N) is 1. The summed E-state index contributed by atoms with van der Waals surface area (Å²) >= 11 is 0. The Morgan fingerprint density at radius 1 is 1.16 bits per heavy atom. The molecule has 0 radical (unpaired) electrons. The Bertz CT molecular complexity index is 684. The van der Waals surface area contributed by atoms with Gasteiger partial charge in [-0.05, 0) is 37.5 Å². The highest BCUT2D eigenvalue weighted by molar-refractivity contribution is 5.99. The maximum atomic E-state index is 12.5. The lowest BCUT2D eigenvalue weighted by atomic mass is 9.90. The average Bonchev–Trinajstić information content (AvgIpc) is 2.55. The molecule has 1 heterocycles. The molecule has 0 unspecified atom stereocenters. The molecule has 0 atom stereocenters. The lowest BCUT2D eigenvalue weighted by Crippen LogP contribution is -2.45. The molecule has 1 aliphatic heterocycles. The van der Waals surface area contributed by atoms with Crippen molar-refractivity contribution in [3.05, 3.63) is 29.3 Å². The fourth-order valence-electron chi connectivity index (χ4n) is 3.09. The van der Waals surface area contributed by atoms with Crippen LogP contribution in [0.25, 0.3) is 0 Å². The van der Waals surface area contributed by atoms with Crippen LogP contribution in [0.4, 0.5) is 5.69 Å². The van der Waals surface area contributed by atoms with E-state index in [1.165, 1.54) is 0 Å². The molecule has 0 aromatic heterocycles. The minimum atomic E-state index is -0.511. The van der Waals surface area contributed by atoms with E-state index in [0.717, 1.165) is 0 Å². The van der Waals surface area contributed by atoms with Crippen molar-refractivity contribution in [1.29, 1.82) is 0 Å². The molecule has 2 rings (SSSR count). The van der Waals surface area contributed by atoms with Crippen molar-refractivity contribution in [3.8, 4) is 0 Å². The molecule has 0 aliphatic carbocycles. The standard InChI is InChI=1S/C19H27N3O3/c1-12-14(16(20)23)6-5-7-15(12)21-17(24)13-8-10-22(11-9-13)18(25)19(2,3)4/h5-7,13H,8-11H2,1-4H3,(H2,20,23)(H,21,24). The third kappa shape index (κ3) is 4.38. The van der Waals surface area contributed by atoms with Crippen molar-refractivity contribution in [2.75, 3.05) is 18.4 Å². The largest absolute Gasteiger partial charge is 0.366 e. The third-order valence-electron chi connectivity index (χ3n) is 4.65. The second-order valence-electron chi connectivity index (χ2n) is 7.65. The molecule has 1 aliphatic rings. The number of hydrogen-bond donors (Lipinski definition) is 2. The summed E-state index contributed by atoms with van der Waals surface area (Å²) < 4.78 is 0.